The van der Waals surface area contributed by atoms with Gasteiger partial charge in [-0.3, -0.25) is 4.79 Å². The van der Waals surface area contributed by atoms with Crippen molar-refractivity contribution in [2.75, 3.05) is 5.75 Å². The lowest BCUT2D eigenvalue weighted by Crippen LogP contribution is -2.03. The molecule has 7 heteroatoms. The number of nitrogens with zero attached hydrogens (tertiary/aromatic N) is 3. The molecule has 5 nitrogen and oxygen atoms in total. The topological polar surface area (TPSA) is 71.5 Å². The van der Waals surface area contributed by atoms with E-state index in [1.165, 1.54) is 11.8 Å². The standard InChI is InChI=1S/C17H11ClN4OS/c18-11-7-5-10(6-8-11)14(23)9-24-17-20-16-15(21-22-17)12-3-1-2-4-13(12)19-16/h1-8H,9H2,(H,19,20,22). The van der Waals surface area contributed by atoms with E-state index in [0.717, 1.165) is 16.4 Å². The molecular weight excluding hydrogens is 344 g/mol. The Kier molecular flexibility index (Phi) is 3.92. The van der Waals surface area contributed by atoms with E-state index in [1.54, 1.807) is 24.3 Å². The van der Waals surface area contributed by atoms with E-state index in [4.69, 9.17) is 11.6 Å². The number of hydrogen-bond acceptors (Lipinski definition) is 5. The van der Waals surface area contributed by atoms with Crippen molar-refractivity contribution in [1.82, 2.24) is 20.2 Å². The van der Waals surface area contributed by atoms with Gasteiger partial charge in [-0.2, -0.15) is 0 Å². The number of aromatic amines is 1. The fraction of sp³-hybridized carbons (Fsp3) is 0.0588. The Morgan fingerprint density at radius 2 is 1.88 bits per heavy atom. The van der Waals surface area contributed by atoms with Crippen LogP contribution in [-0.2, 0) is 0 Å². The van der Waals surface area contributed by atoms with Gasteiger partial charge in [-0.25, -0.2) is 4.98 Å². The number of ketones is 1. The van der Waals surface area contributed by atoms with Crippen LogP contribution in [0.3, 0.4) is 0 Å². The van der Waals surface area contributed by atoms with Crippen molar-refractivity contribution >= 4 is 51.2 Å². The molecule has 118 valence electrons. The number of Topliss-reactive ketones (excluding diaryl/α,β-unsaturated/α-hetero) is 1. The number of rotatable bonds is 4. The predicted octanol–water partition coefficient (Wildman–Crippen LogP) is 4.13. The quantitative estimate of drug-likeness (QED) is 0.440. The molecule has 0 spiro atoms. The van der Waals surface area contributed by atoms with Crippen molar-refractivity contribution in [2.45, 2.75) is 5.16 Å². The average molecular weight is 355 g/mol. The van der Waals surface area contributed by atoms with Gasteiger partial charge in [-0.1, -0.05) is 41.6 Å². The van der Waals surface area contributed by atoms with Crippen LogP contribution in [0.4, 0.5) is 0 Å². The van der Waals surface area contributed by atoms with Crippen molar-refractivity contribution in [3.05, 3.63) is 59.1 Å². The molecule has 2 heterocycles. The molecule has 0 saturated heterocycles. The lowest BCUT2D eigenvalue weighted by Gasteiger charge is -2.00. The lowest BCUT2D eigenvalue weighted by molar-refractivity contribution is 0.102. The molecule has 2 aromatic heterocycles. The van der Waals surface area contributed by atoms with Crippen LogP contribution in [0, 0.1) is 0 Å². The van der Waals surface area contributed by atoms with Crippen molar-refractivity contribution in [1.29, 1.82) is 0 Å². The van der Waals surface area contributed by atoms with E-state index in [1.807, 2.05) is 24.3 Å². The van der Waals surface area contributed by atoms with Gasteiger partial charge in [0.2, 0.25) is 5.16 Å². The minimum Gasteiger partial charge on any atom is -0.338 e. The summed E-state index contributed by atoms with van der Waals surface area (Å²) in [5.41, 5.74) is 2.99. The van der Waals surface area contributed by atoms with Gasteiger partial charge in [0.05, 0.1) is 5.75 Å². The number of thioether (sulfide) groups is 1. The Labute approximate surface area is 146 Å². The first-order valence-electron chi connectivity index (χ1n) is 7.23. The zero-order valence-corrected chi connectivity index (χ0v) is 13.9. The SMILES string of the molecule is O=C(CSc1nnc2c(n1)[nH]c1ccccc12)c1ccc(Cl)cc1. The summed E-state index contributed by atoms with van der Waals surface area (Å²) in [6, 6.07) is 14.7. The molecule has 4 rings (SSSR count). The molecule has 0 amide bonds. The molecule has 0 saturated carbocycles. The summed E-state index contributed by atoms with van der Waals surface area (Å²) in [7, 11) is 0. The van der Waals surface area contributed by atoms with Crippen LogP contribution in [0.25, 0.3) is 22.1 Å². The van der Waals surface area contributed by atoms with Crippen LogP contribution in [-0.4, -0.2) is 31.7 Å². The van der Waals surface area contributed by atoms with Crippen LogP contribution in [0.1, 0.15) is 10.4 Å². The molecule has 4 aromatic rings. The molecule has 0 radical (unpaired) electrons. The first-order chi connectivity index (χ1) is 11.7. The Bertz CT molecular complexity index is 1050. The van der Waals surface area contributed by atoms with E-state index in [9.17, 15) is 4.79 Å². The number of para-hydroxylation sites is 1. The molecular formula is C17H11ClN4OS. The largest absolute Gasteiger partial charge is 0.338 e. The highest BCUT2D eigenvalue weighted by Gasteiger charge is 2.11. The second-order valence-corrected chi connectivity index (χ2v) is 6.56. The molecule has 24 heavy (non-hydrogen) atoms. The molecule has 0 aliphatic rings. The minimum absolute atomic E-state index is 0.00277. The maximum Gasteiger partial charge on any atom is 0.211 e. The van der Waals surface area contributed by atoms with Crippen LogP contribution < -0.4 is 0 Å². The zero-order valence-electron chi connectivity index (χ0n) is 12.4. The molecule has 0 fully saturated rings. The number of carbonyl (C=O) groups is 1. The Hall–Kier alpha value is -2.44. The summed E-state index contributed by atoms with van der Waals surface area (Å²) in [5.74, 6) is 0.242. The number of nitrogens with one attached hydrogen (secondary N) is 1. The lowest BCUT2D eigenvalue weighted by atomic mass is 10.1. The van der Waals surface area contributed by atoms with Gasteiger partial charge in [0, 0.05) is 21.5 Å². The van der Waals surface area contributed by atoms with Gasteiger partial charge in [0.25, 0.3) is 0 Å². The first kappa shape index (κ1) is 15.1. The average Bonchev–Trinajstić information content (AvgIpc) is 2.98. The zero-order chi connectivity index (χ0) is 16.5. The van der Waals surface area contributed by atoms with E-state index in [2.05, 4.69) is 20.2 Å². The van der Waals surface area contributed by atoms with E-state index < -0.39 is 0 Å². The molecule has 0 bridgehead atoms. The molecule has 0 unspecified atom stereocenters. The Morgan fingerprint density at radius 3 is 2.71 bits per heavy atom. The van der Waals surface area contributed by atoms with Crippen LogP contribution in [0.2, 0.25) is 5.02 Å². The van der Waals surface area contributed by atoms with Gasteiger partial charge < -0.3 is 4.98 Å². The van der Waals surface area contributed by atoms with Crippen molar-refractivity contribution in [3.63, 3.8) is 0 Å². The predicted molar refractivity (Wildman–Crippen MR) is 95.7 cm³/mol. The first-order valence-corrected chi connectivity index (χ1v) is 8.60. The second kappa shape index (κ2) is 6.22. The fourth-order valence-electron chi connectivity index (χ4n) is 2.42. The number of fused-ring (bicyclic) bond motifs is 3. The van der Waals surface area contributed by atoms with Gasteiger partial charge in [0.15, 0.2) is 11.4 Å². The van der Waals surface area contributed by atoms with Gasteiger partial charge in [0.1, 0.15) is 5.52 Å². The molecule has 2 aromatic carbocycles. The third-order valence-electron chi connectivity index (χ3n) is 3.60. The number of carbonyl (C=O) groups excluding carboxylic acids is 1. The molecule has 0 aliphatic heterocycles. The summed E-state index contributed by atoms with van der Waals surface area (Å²) in [5, 5.41) is 10.4. The fourth-order valence-corrected chi connectivity index (χ4v) is 3.22. The van der Waals surface area contributed by atoms with Crippen LogP contribution in [0.15, 0.2) is 53.7 Å². The summed E-state index contributed by atoms with van der Waals surface area (Å²) in [6.45, 7) is 0. The monoisotopic (exact) mass is 354 g/mol. The van der Waals surface area contributed by atoms with Gasteiger partial charge in [-0.05, 0) is 30.3 Å². The molecule has 0 aliphatic carbocycles. The van der Waals surface area contributed by atoms with Crippen LogP contribution >= 0.6 is 23.4 Å². The number of H-pyrrole nitrogens is 1. The maximum absolute atomic E-state index is 12.2. The summed E-state index contributed by atoms with van der Waals surface area (Å²) < 4.78 is 0. The number of aromatic nitrogens is 4. The molecule has 1 N–H and O–H groups in total. The highest BCUT2D eigenvalue weighted by atomic mass is 35.5. The minimum atomic E-state index is -0.00277. The van der Waals surface area contributed by atoms with E-state index in [-0.39, 0.29) is 11.5 Å². The van der Waals surface area contributed by atoms with Gasteiger partial charge >= 0.3 is 0 Å². The van der Waals surface area contributed by atoms with E-state index >= 15 is 0 Å². The Morgan fingerprint density at radius 1 is 1.08 bits per heavy atom. The summed E-state index contributed by atoms with van der Waals surface area (Å²) >= 11 is 7.10. The number of halogens is 1. The maximum atomic E-state index is 12.2. The van der Waals surface area contributed by atoms with Gasteiger partial charge in [-0.15, -0.1) is 10.2 Å². The Balaban J connectivity index is 1.55. The summed E-state index contributed by atoms with van der Waals surface area (Å²) in [6.07, 6.45) is 0. The highest BCUT2D eigenvalue weighted by molar-refractivity contribution is 7.99. The third-order valence-corrected chi connectivity index (χ3v) is 4.69. The number of benzene rings is 2. The number of hydrogen-bond donors (Lipinski definition) is 1. The van der Waals surface area contributed by atoms with Crippen molar-refractivity contribution in [2.24, 2.45) is 0 Å². The van der Waals surface area contributed by atoms with Crippen molar-refractivity contribution in [3.8, 4) is 0 Å². The molecule has 0 atom stereocenters. The van der Waals surface area contributed by atoms with Crippen molar-refractivity contribution < 1.29 is 4.79 Å². The summed E-state index contributed by atoms with van der Waals surface area (Å²) in [4.78, 5) is 19.9. The normalized spacial score (nSPS) is 11.2. The highest BCUT2D eigenvalue weighted by Crippen LogP contribution is 2.23. The van der Waals surface area contributed by atoms with E-state index in [0.29, 0.717) is 21.4 Å². The second-order valence-electron chi connectivity index (χ2n) is 5.18. The smallest absolute Gasteiger partial charge is 0.211 e. The third kappa shape index (κ3) is 2.86. The van der Waals surface area contributed by atoms with Crippen LogP contribution in [0.5, 0.6) is 0 Å².